The van der Waals surface area contributed by atoms with Crippen LogP contribution in [-0.2, 0) is 10.0 Å². The number of amides is 1. The van der Waals surface area contributed by atoms with Crippen molar-refractivity contribution < 1.29 is 13.2 Å². The van der Waals surface area contributed by atoms with Crippen LogP contribution < -0.4 is 10.0 Å². The van der Waals surface area contributed by atoms with Gasteiger partial charge in [0, 0.05) is 11.3 Å². The lowest BCUT2D eigenvalue weighted by molar-refractivity contribution is 0.0940. The highest BCUT2D eigenvalue weighted by Gasteiger charge is 2.13. The smallest absolute Gasteiger partial charge is 0.251 e. The first kappa shape index (κ1) is 17.5. The first-order chi connectivity index (χ1) is 11.3. The SMILES string of the molecule is CC(NC(=O)c1cccc(C#N)c1)c1cccc(NS(C)(=O)=O)c1. The van der Waals surface area contributed by atoms with Gasteiger partial charge in [0.05, 0.1) is 23.9 Å². The Balaban J connectivity index is 2.14. The van der Waals surface area contributed by atoms with E-state index in [1.807, 2.05) is 6.07 Å². The monoisotopic (exact) mass is 343 g/mol. The molecule has 0 fully saturated rings. The average molecular weight is 343 g/mol. The van der Waals surface area contributed by atoms with Crippen LogP contribution in [0.15, 0.2) is 48.5 Å². The topological polar surface area (TPSA) is 99.1 Å². The van der Waals surface area contributed by atoms with E-state index in [4.69, 9.17) is 5.26 Å². The molecule has 1 amide bonds. The van der Waals surface area contributed by atoms with E-state index in [-0.39, 0.29) is 11.9 Å². The van der Waals surface area contributed by atoms with E-state index in [0.717, 1.165) is 11.8 Å². The van der Waals surface area contributed by atoms with Crippen LogP contribution >= 0.6 is 0 Å². The number of hydrogen-bond acceptors (Lipinski definition) is 4. The molecule has 0 aromatic heterocycles. The summed E-state index contributed by atoms with van der Waals surface area (Å²) in [6.45, 7) is 1.80. The van der Waals surface area contributed by atoms with Gasteiger partial charge in [-0.15, -0.1) is 0 Å². The maximum atomic E-state index is 12.3. The molecule has 0 aliphatic heterocycles. The van der Waals surface area contributed by atoms with Crippen molar-refractivity contribution in [2.75, 3.05) is 11.0 Å². The number of benzene rings is 2. The van der Waals surface area contributed by atoms with Crippen molar-refractivity contribution in [1.82, 2.24) is 5.32 Å². The maximum Gasteiger partial charge on any atom is 0.251 e. The van der Waals surface area contributed by atoms with Crippen LogP contribution in [0, 0.1) is 11.3 Å². The van der Waals surface area contributed by atoms with E-state index in [1.165, 1.54) is 6.07 Å². The van der Waals surface area contributed by atoms with Gasteiger partial charge in [-0.25, -0.2) is 8.42 Å². The first-order valence-corrected chi connectivity index (χ1v) is 9.06. The number of nitrogens with one attached hydrogen (secondary N) is 2. The zero-order chi connectivity index (χ0) is 17.7. The minimum Gasteiger partial charge on any atom is -0.346 e. The number of anilines is 1. The summed E-state index contributed by atoms with van der Waals surface area (Å²) in [4.78, 5) is 12.3. The van der Waals surface area contributed by atoms with Gasteiger partial charge in [-0.2, -0.15) is 5.26 Å². The van der Waals surface area contributed by atoms with Gasteiger partial charge in [0.1, 0.15) is 0 Å². The van der Waals surface area contributed by atoms with Crippen LogP contribution in [0.3, 0.4) is 0 Å². The third kappa shape index (κ3) is 4.83. The molecule has 2 aromatic rings. The van der Waals surface area contributed by atoms with Gasteiger partial charge in [0.2, 0.25) is 10.0 Å². The highest BCUT2D eigenvalue weighted by atomic mass is 32.2. The highest BCUT2D eigenvalue weighted by Crippen LogP contribution is 2.18. The maximum absolute atomic E-state index is 12.3. The number of carbonyl (C=O) groups is 1. The van der Waals surface area contributed by atoms with Crippen LogP contribution in [-0.4, -0.2) is 20.6 Å². The Bertz CT molecular complexity index is 901. The molecule has 0 radical (unpaired) electrons. The zero-order valence-electron chi connectivity index (χ0n) is 13.3. The number of nitriles is 1. The highest BCUT2D eigenvalue weighted by molar-refractivity contribution is 7.92. The van der Waals surface area contributed by atoms with Gasteiger partial charge in [-0.3, -0.25) is 9.52 Å². The molecule has 24 heavy (non-hydrogen) atoms. The summed E-state index contributed by atoms with van der Waals surface area (Å²) in [6.07, 6.45) is 1.08. The molecule has 2 aromatic carbocycles. The van der Waals surface area contributed by atoms with Crippen LogP contribution in [0.1, 0.15) is 34.5 Å². The Hall–Kier alpha value is -2.85. The fourth-order valence-electron chi connectivity index (χ4n) is 2.18. The van der Waals surface area contributed by atoms with Crippen molar-refractivity contribution in [2.24, 2.45) is 0 Å². The molecule has 0 saturated heterocycles. The van der Waals surface area contributed by atoms with Crippen molar-refractivity contribution in [1.29, 1.82) is 5.26 Å². The van der Waals surface area contributed by atoms with E-state index in [2.05, 4.69) is 10.0 Å². The Morgan fingerprint density at radius 3 is 2.54 bits per heavy atom. The lowest BCUT2D eigenvalue weighted by Gasteiger charge is -2.16. The lowest BCUT2D eigenvalue weighted by Crippen LogP contribution is -2.26. The number of hydrogen-bond donors (Lipinski definition) is 2. The number of sulfonamides is 1. The quantitative estimate of drug-likeness (QED) is 0.871. The summed E-state index contributed by atoms with van der Waals surface area (Å²) in [5.41, 5.74) is 2.00. The fraction of sp³-hybridized carbons (Fsp3) is 0.176. The number of rotatable bonds is 5. The standard InChI is InChI=1S/C17H17N3O3S/c1-12(14-6-4-8-16(10-14)20-24(2,22)23)19-17(21)15-7-3-5-13(9-15)11-18/h3-10,12,20H,1-2H3,(H,19,21). The molecule has 0 heterocycles. The molecule has 0 aliphatic rings. The molecule has 0 aliphatic carbocycles. The molecular weight excluding hydrogens is 326 g/mol. The van der Waals surface area contributed by atoms with Gasteiger partial charge in [0.15, 0.2) is 0 Å². The average Bonchev–Trinajstić information content (AvgIpc) is 2.53. The van der Waals surface area contributed by atoms with E-state index in [1.54, 1.807) is 49.4 Å². The first-order valence-electron chi connectivity index (χ1n) is 7.17. The molecule has 1 atom stereocenters. The van der Waals surface area contributed by atoms with Crippen LogP contribution in [0.4, 0.5) is 5.69 Å². The molecule has 0 spiro atoms. The summed E-state index contributed by atoms with van der Waals surface area (Å²) >= 11 is 0. The molecule has 124 valence electrons. The minimum atomic E-state index is -3.36. The third-order valence-corrected chi connectivity index (χ3v) is 3.90. The Morgan fingerprint density at radius 2 is 1.88 bits per heavy atom. The van der Waals surface area contributed by atoms with Crippen molar-refractivity contribution in [3.63, 3.8) is 0 Å². The summed E-state index contributed by atoms with van der Waals surface area (Å²) in [6, 6.07) is 14.9. The summed E-state index contributed by atoms with van der Waals surface area (Å²) in [5.74, 6) is -0.305. The summed E-state index contributed by atoms with van der Waals surface area (Å²) in [7, 11) is -3.36. The van der Waals surface area contributed by atoms with E-state index < -0.39 is 10.0 Å². The minimum absolute atomic E-state index is 0.305. The molecular formula is C17H17N3O3S. The van der Waals surface area contributed by atoms with E-state index in [9.17, 15) is 13.2 Å². The predicted molar refractivity (Wildman–Crippen MR) is 91.9 cm³/mol. The van der Waals surface area contributed by atoms with Gasteiger partial charge in [-0.1, -0.05) is 18.2 Å². The second-order valence-electron chi connectivity index (χ2n) is 5.39. The number of nitrogens with zero attached hydrogens (tertiary/aromatic N) is 1. The second kappa shape index (κ2) is 7.15. The second-order valence-corrected chi connectivity index (χ2v) is 7.14. The molecule has 0 saturated carbocycles. The van der Waals surface area contributed by atoms with E-state index in [0.29, 0.717) is 16.8 Å². The van der Waals surface area contributed by atoms with Crippen molar-refractivity contribution in [3.05, 3.63) is 65.2 Å². The number of carbonyl (C=O) groups excluding carboxylic acids is 1. The van der Waals surface area contributed by atoms with Gasteiger partial charge in [0.25, 0.3) is 5.91 Å². The zero-order valence-corrected chi connectivity index (χ0v) is 14.1. The third-order valence-electron chi connectivity index (χ3n) is 3.29. The molecule has 7 heteroatoms. The summed E-state index contributed by atoms with van der Waals surface area (Å²) in [5, 5.41) is 11.7. The van der Waals surface area contributed by atoms with Gasteiger partial charge >= 0.3 is 0 Å². The molecule has 1 unspecified atom stereocenters. The Morgan fingerprint density at radius 1 is 1.17 bits per heavy atom. The van der Waals surface area contributed by atoms with Crippen molar-refractivity contribution >= 4 is 21.6 Å². The predicted octanol–water partition coefficient (Wildman–Crippen LogP) is 2.42. The normalized spacial score (nSPS) is 12.0. The largest absolute Gasteiger partial charge is 0.346 e. The molecule has 0 bridgehead atoms. The molecule has 2 rings (SSSR count). The molecule has 6 nitrogen and oxygen atoms in total. The summed E-state index contributed by atoms with van der Waals surface area (Å²) < 4.78 is 25.0. The lowest BCUT2D eigenvalue weighted by atomic mass is 10.1. The Labute approximate surface area is 141 Å². The van der Waals surface area contributed by atoms with Crippen molar-refractivity contribution in [2.45, 2.75) is 13.0 Å². The fourth-order valence-corrected chi connectivity index (χ4v) is 2.73. The van der Waals surface area contributed by atoms with Gasteiger partial charge in [-0.05, 0) is 42.8 Å². The van der Waals surface area contributed by atoms with Crippen LogP contribution in [0.25, 0.3) is 0 Å². The van der Waals surface area contributed by atoms with Crippen LogP contribution in [0.2, 0.25) is 0 Å². The van der Waals surface area contributed by atoms with Gasteiger partial charge < -0.3 is 5.32 Å². The van der Waals surface area contributed by atoms with Crippen LogP contribution in [0.5, 0.6) is 0 Å². The van der Waals surface area contributed by atoms with Crippen molar-refractivity contribution in [3.8, 4) is 6.07 Å². The Kier molecular flexibility index (Phi) is 5.21. The molecule has 2 N–H and O–H groups in total. The van der Waals surface area contributed by atoms with E-state index >= 15 is 0 Å².